The largest absolute Gasteiger partial charge is 0.397 e. The molecule has 0 aliphatic rings. The maximum atomic E-state index is 11.2. The van der Waals surface area contributed by atoms with Gasteiger partial charge in [-0.15, -0.1) is 0 Å². The fraction of sp³-hybridized carbons (Fsp3) is 0.286. The van der Waals surface area contributed by atoms with E-state index in [1.54, 1.807) is 6.92 Å². The Morgan fingerprint density at radius 1 is 1.50 bits per heavy atom. The van der Waals surface area contributed by atoms with Crippen LogP contribution in [0.2, 0.25) is 0 Å². The van der Waals surface area contributed by atoms with Crippen LogP contribution in [-0.4, -0.2) is 19.2 Å². The second kappa shape index (κ2) is 3.10. The molecule has 0 radical (unpaired) electrons. The molecule has 1 aromatic heterocycles. The van der Waals surface area contributed by atoms with E-state index in [1.165, 1.54) is 18.3 Å². The third-order valence-electron chi connectivity index (χ3n) is 1.46. The summed E-state index contributed by atoms with van der Waals surface area (Å²) < 4.78 is 22.4. The lowest BCUT2D eigenvalue weighted by Crippen LogP contribution is -2.05. The van der Waals surface area contributed by atoms with Gasteiger partial charge in [-0.05, 0) is 12.1 Å². The molecule has 1 rings (SSSR count). The highest BCUT2D eigenvalue weighted by Gasteiger charge is 2.11. The molecule has 0 aliphatic heterocycles. The van der Waals surface area contributed by atoms with E-state index in [0.29, 0.717) is 5.69 Å². The number of nitrogen functional groups attached to an aromatic ring is 1. The van der Waals surface area contributed by atoms with Gasteiger partial charge in [0.15, 0.2) is 14.9 Å². The van der Waals surface area contributed by atoms with Crippen LogP contribution >= 0.6 is 0 Å². The molecule has 1 aromatic rings. The van der Waals surface area contributed by atoms with Crippen LogP contribution < -0.4 is 5.73 Å². The summed E-state index contributed by atoms with van der Waals surface area (Å²) >= 11 is 0. The molecule has 0 spiro atoms. The number of hydrogen-bond donors (Lipinski definition) is 1. The normalized spacial score (nSPS) is 11.4. The van der Waals surface area contributed by atoms with Crippen molar-refractivity contribution in [3.63, 3.8) is 0 Å². The number of aromatic nitrogens is 1. The summed E-state index contributed by atoms with van der Waals surface area (Å²) in [6.45, 7) is 1.58. The molecule has 0 unspecified atom stereocenters. The van der Waals surface area contributed by atoms with Gasteiger partial charge in [0.25, 0.3) is 0 Å². The molecule has 0 aromatic carbocycles. The summed E-state index contributed by atoms with van der Waals surface area (Å²) in [6, 6.07) is 2.93. The highest BCUT2D eigenvalue weighted by molar-refractivity contribution is 7.91. The fourth-order valence-electron chi connectivity index (χ4n) is 0.724. The predicted molar refractivity (Wildman–Crippen MR) is 46.4 cm³/mol. The molecule has 0 amide bonds. The molecule has 4 nitrogen and oxygen atoms in total. The van der Waals surface area contributed by atoms with Crippen molar-refractivity contribution < 1.29 is 8.42 Å². The zero-order valence-electron chi connectivity index (χ0n) is 6.69. The molecule has 0 aliphatic carbocycles. The van der Waals surface area contributed by atoms with Gasteiger partial charge in [0.05, 0.1) is 17.6 Å². The van der Waals surface area contributed by atoms with Crippen molar-refractivity contribution in [3.8, 4) is 0 Å². The molecule has 12 heavy (non-hydrogen) atoms. The summed E-state index contributed by atoms with van der Waals surface area (Å²) in [5.74, 6) is 0.0594. The van der Waals surface area contributed by atoms with E-state index in [1.807, 2.05) is 0 Å². The molecule has 0 bridgehead atoms. The smallest absolute Gasteiger partial charge is 0.195 e. The van der Waals surface area contributed by atoms with Crippen molar-refractivity contribution in [3.05, 3.63) is 18.3 Å². The molecule has 66 valence electrons. The van der Waals surface area contributed by atoms with Gasteiger partial charge in [-0.25, -0.2) is 13.4 Å². The van der Waals surface area contributed by atoms with E-state index in [0.717, 1.165) is 0 Å². The zero-order valence-corrected chi connectivity index (χ0v) is 7.50. The molecular weight excluding hydrogens is 176 g/mol. The Bertz CT molecular complexity index is 355. The molecule has 0 saturated carbocycles. The van der Waals surface area contributed by atoms with Crippen LogP contribution in [0.3, 0.4) is 0 Å². The van der Waals surface area contributed by atoms with E-state index < -0.39 is 9.84 Å². The predicted octanol–water partition coefficient (Wildman–Crippen LogP) is 0.457. The highest BCUT2D eigenvalue weighted by atomic mass is 32.2. The average Bonchev–Trinajstić information content (AvgIpc) is 2.05. The zero-order chi connectivity index (χ0) is 9.19. The third kappa shape index (κ3) is 1.73. The molecule has 0 saturated heterocycles. The molecule has 1 heterocycles. The van der Waals surface area contributed by atoms with Gasteiger partial charge in [-0.3, -0.25) is 0 Å². The van der Waals surface area contributed by atoms with Gasteiger partial charge in [0.2, 0.25) is 0 Å². The lowest BCUT2D eigenvalue weighted by Gasteiger charge is -1.99. The molecule has 2 N–H and O–H groups in total. The summed E-state index contributed by atoms with van der Waals surface area (Å²) in [5.41, 5.74) is 5.82. The van der Waals surface area contributed by atoms with Crippen LogP contribution in [0.15, 0.2) is 23.4 Å². The van der Waals surface area contributed by atoms with E-state index in [-0.39, 0.29) is 10.8 Å². The average molecular weight is 186 g/mol. The van der Waals surface area contributed by atoms with E-state index in [2.05, 4.69) is 4.98 Å². The second-order valence-corrected chi connectivity index (χ2v) is 4.56. The number of sulfone groups is 1. The molecular formula is C7H10N2O2S. The summed E-state index contributed by atoms with van der Waals surface area (Å²) in [5, 5.41) is 0.0826. The van der Waals surface area contributed by atoms with Gasteiger partial charge in [-0.2, -0.15) is 0 Å². The summed E-state index contributed by atoms with van der Waals surface area (Å²) in [6.07, 6.45) is 1.34. The summed E-state index contributed by atoms with van der Waals surface area (Å²) in [4.78, 5) is 3.71. The maximum absolute atomic E-state index is 11.2. The van der Waals surface area contributed by atoms with Crippen LogP contribution in [0.1, 0.15) is 6.92 Å². The van der Waals surface area contributed by atoms with Crippen LogP contribution in [0.5, 0.6) is 0 Å². The quantitative estimate of drug-likeness (QED) is 0.728. The Balaban J connectivity index is 3.14. The number of nitrogens with zero attached hydrogens (tertiary/aromatic N) is 1. The van der Waals surface area contributed by atoms with Gasteiger partial charge in [0.1, 0.15) is 0 Å². The van der Waals surface area contributed by atoms with Crippen molar-refractivity contribution in [2.45, 2.75) is 11.9 Å². The summed E-state index contributed by atoms with van der Waals surface area (Å²) in [7, 11) is -3.18. The molecule has 0 atom stereocenters. The van der Waals surface area contributed by atoms with Gasteiger partial charge >= 0.3 is 0 Å². The number of anilines is 1. The van der Waals surface area contributed by atoms with Crippen LogP contribution in [-0.2, 0) is 9.84 Å². The van der Waals surface area contributed by atoms with Crippen LogP contribution in [0.4, 0.5) is 5.69 Å². The Labute approximate surface area is 71.3 Å². The maximum Gasteiger partial charge on any atom is 0.195 e. The van der Waals surface area contributed by atoms with Crippen LogP contribution in [0, 0.1) is 0 Å². The first kappa shape index (κ1) is 8.99. The first-order chi connectivity index (χ1) is 5.56. The van der Waals surface area contributed by atoms with E-state index in [9.17, 15) is 8.42 Å². The SMILES string of the molecule is CCS(=O)(=O)c1ccc(N)cn1. The first-order valence-electron chi connectivity index (χ1n) is 3.50. The van der Waals surface area contributed by atoms with Gasteiger partial charge in [-0.1, -0.05) is 6.92 Å². The van der Waals surface area contributed by atoms with Crippen LogP contribution in [0.25, 0.3) is 0 Å². The van der Waals surface area contributed by atoms with Crippen molar-refractivity contribution >= 4 is 15.5 Å². The highest BCUT2D eigenvalue weighted by Crippen LogP contribution is 2.08. The fourth-order valence-corrected chi connectivity index (χ4v) is 1.51. The Morgan fingerprint density at radius 3 is 2.58 bits per heavy atom. The van der Waals surface area contributed by atoms with Crippen molar-refractivity contribution in [1.29, 1.82) is 0 Å². The van der Waals surface area contributed by atoms with Crippen molar-refractivity contribution in [2.24, 2.45) is 0 Å². The van der Waals surface area contributed by atoms with E-state index in [4.69, 9.17) is 5.73 Å². The standard InChI is InChI=1S/C7H10N2O2S/c1-2-12(10,11)7-4-3-6(8)5-9-7/h3-5H,2,8H2,1H3. The van der Waals surface area contributed by atoms with Gasteiger partial charge < -0.3 is 5.73 Å². The number of nitrogens with two attached hydrogens (primary N) is 1. The lowest BCUT2D eigenvalue weighted by molar-refractivity contribution is 0.593. The Kier molecular flexibility index (Phi) is 2.32. The number of pyridine rings is 1. The topological polar surface area (TPSA) is 73.0 Å². The molecule has 5 heteroatoms. The van der Waals surface area contributed by atoms with Crippen molar-refractivity contribution in [1.82, 2.24) is 4.98 Å². The number of rotatable bonds is 2. The third-order valence-corrected chi connectivity index (χ3v) is 3.10. The molecule has 0 fully saturated rings. The Hall–Kier alpha value is -1.10. The first-order valence-corrected chi connectivity index (χ1v) is 5.16. The Morgan fingerprint density at radius 2 is 2.17 bits per heavy atom. The monoisotopic (exact) mass is 186 g/mol. The number of hydrogen-bond acceptors (Lipinski definition) is 4. The minimum atomic E-state index is -3.18. The van der Waals surface area contributed by atoms with E-state index >= 15 is 0 Å². The second-order valence-electron chi connectivity index (χ2n) is 2.33. The lowest BCUT2D eigenvalue weighted by atomic mass is 10.4. The minimum absolute atomic E-state index is 0.0594. The van der Waals surface area contributed by atoms with Gasteiger partial charge in [0, 0.05) is 0 Å². The van der Waals surface area contributed by atoms with Crippen molar-refractivity contribution in [2.75, 3.05) is 11.5 Å². The minimum Gasteiger partial charge on any atom is -0.397 e.